The van der Waals surface area contributed by atoms with Crippen molar-refractivity contribution in [3.63, 3.8) is 0 Å². The van der Waals surface area contributed by atoms with Gasteiger partial charge in [-0.05, 0) is 68.1 Å². The van der Waals surface area contributed by atoms with Crippen molar-refractivity contribution in [2.75, 3.05) is 25.1 Å². The summed E-state index contributed by atoms with van der Waals surface area (Å²) in [7, 11) is -3.79. The first-order valence-electron chi connectivity index (χ1n) is 23.3. The number of nitrogens with one attached hydrogen (secondary N) is 7. The zero-order chi connectivity index (χ0) is 53.7. The van der Waals surface area contributed by atoms with Crippen LogP contribution >= 0.6 is 0 Å². The number of hydrogen-bond donors (Lipinski definition) is 11. The normalized spacial score (nSPS) is 16.5. The van der Waals surface area contributed by atoms with Gasteiger partial charge in [-0.3, -0.25) is 52.7 Å². The molecule has 396 valence electrons. The van der Waals surface area contributed by atoms with Gasteiger partial charge in [0.15, 0.2) is 0 Å². The van der Waals surface area contributed by atoms with E-state index in [2.05, 4.69) is 37.2 Å². The summed E-state index contributed by atoms with van der Waals surface area (Å²) in [6, 6.07) is -4.24. The molecule has 1 aliphatic heterocycles. The summed E-state index contributed by atoms with van der Waals surface area (Å²) in [6.45, 7) is 7.59. The van der Waals surface area contributed by atoms with E-state index >= 15 is 0 Å². The minimum Gasteiger partial charge on any atom is -0.508 e. The number of hydrogen-bond acceptors (Lipinski definition) is 14. The molecule has 1 fully saturated rings. The van der Waals surface area contributed by atoms with Crippen molar-refractivity contribution in [1.29, 1.82) is 0 Å². The SMILES string of the molecule is CC[C@H](C)[C@H](NC(=O)[C@H](Cc1ccc(O)cc1)NC(C)=O)C(=O)N[C@@H](CCC(N)=O)C(=O)N[C@@H](CC(N)=O)C(=O)N[C@@H](CCS(C)(=O)=O)C(=O)N1CCCC[C@H]1C(=O)N[C@@H](CC(C)C)C(=O)NCC(N)=O. The Morgan fingerprint density at radius 2 is 1.30 bits per heavy atom. The van der Waals surface area contributed by atoms with Crippen LogP contribution in [-0.2, 0) is 69.0 Å². The van der Waals surface area contributed by atoms with Crippen LogP contribution < -0.4 is 54.4 Å². The number of likely N-dealkylation sites (tertiary alicyclic amines) is 1. The first kappa shape index (κ1) is 60.3. The van der Waals surface area contributed by atoms with E-state index in [1.54, 1.807) is 27.7 Å². The van der Waals surface area contributed by atoms with Gasteiger partial charge in [-0.1, -0.05) is 46.2 Å². The van der Waals surface area contributed by atoms with Gasteiger partial charge in [0.05, 0.1) is 18.7 Å². The van der Waals surface area contributed by atoms with Crippen LogP contribution in [0.1, 0.15) is 98.0 Å². The fraction of sp³-hybridized carbons (Fsp3) is 0.622. The van der Waals surface area contributed by atoms with E-state index in [0.29, 0.717) is 24.8 Å². The molecule has 0 aliphatic carbocycles. The number of carbonyl (C=O) groups excluding carboxylic acids is 11. The van der Waals surface area contributed by atoms with E-state index in [-0.39, 0.29) is 37.5 Å². The Hall–Kier alpha value is -6.86. The number of phenolic OH excluding ortho intramolecular Hbond substituents is 1. The number of primary amides is 3. The lowest BCUT2D eigenvalue weighted by atomic mass is 9.96. The smallest absolute Gasteiger partial charge is 0.245 e. The van der Waals surface area contributed by atoms with Crippen LogP contribution in [0, 0.1) is 11.8 Å². The van der Waals surface area contributed by atoms with Crippen molar-refractivity contribution in [2.24, 2.45) is 29.0 Å². The van der Waals surface area contributed by atoms with E-state index in [4.69, 9.17) is 17.2 Å². The van der Waals surface area contributed by atoms with Gasteiger partial charge in [0.1, 0.15) is 57.9 Å². The molecular weight excluding hydrogens is 951 g/mol. The Balaban J connectivity index is 2.46. The summed E-state index contributed by atoms with van der Waals surface area (Å²) >= 11 is 0. The molecule has 11 amide bonds. The van der Waals surface area contributed by atoms with Gasteiger partial charge in [-0.15, -0.1) is 0 Å². The third-order valence-electron chi connectivity index (χ3n) is 11.5. The molecule has 1 heterocycles. The highest BCUT2D eigenvalue weighted by molar-refractivity contribution is 7.90. The van der Waals surface area contributed by atoms with E-state index in [1.165, 1.54) is 31.2 Å². The van der Waals surface area contributed by atoms with Crippen molar-refractivity contribution < 1.29 is 66.3 Å². The molecule has 25 nitrogen and oxygen atoms in total. The highest BCUT2D eigenvalue weighted by Gasteiger charge is 2.40. The highest BCUT2D eigenvalue weighted by atomic mass is 32.2. The molecule has 1 saturated heterocycles. The molecule has 71 heavy (non-hydrogen) atoms. The number of aromatic hydroxyl groups is 1. The molecule has 8 atom stereocenters. The molecule has 1 aromatic rings. The van der Waals surface area contributed by atoms with E-state index < -0.39 is 161 Å². The van der Waals surface area contributed by atoms with Gasteiger partial charge in [-0.2, -0.15) is 0 Å². The summed E-state index contributed by atoms with van der Waals surface area (Å²) in [4.78, 5) is 146. The monoisotopic (exact) mass is 1020 g/mol. The van der Waals surface area contributed by atoms with Gasteiger partial charge < -0.3 is 64.4 Å². The molecule has 0 spiro atoms. The fourth-order valence-electron chi connectivity index (χ4n) is 7.58. The maximum Gasteiger partial charge on any atom is 0.245 e. The van der Waals surface area contributed by atoms with Gasteiger partial charge in [0.25, 0.3) is 0 Å². The fourth-order valence-corrected chi connectivity index (χ4v) is 8.24. The van der Waals surface area contributed by atoms with Crippen molar-refractivity contribution in [3.8, 4) is 5.75 Å². The van der Waals surface area contributed by atoms with Crippen molar-refractivity contribution in [1.82, 2.24) is 42.1 Å². The van der Waals surface area contributed by atoms with E-state index in [1.807, 2.05) is 0 Å². The van der Waals surface area contributed by atoms with Gasteiger partial charge in [0.2, 0.25) is 65.0 Å². The van der Waals surface area contributed by atoms with Gasteiger partial charge in [0, 0.05) is 32.6 Å². The summed E-state index contributed by atoms with van der Waals surface area (Å²) in [5, 5.41) is 27.0. The standard InChI is InChI=1S/C45H71N11O14S/c1-7-25(4)38(55-42(65)32(50-26(5)57)21-27-11-13-28(58)14-12-27)44(67)51-29(15-16-35(46)59)40(63)53-33(22-36(47)60)41(64)52-30(17-19-71(6,69)70)45(68)56-18-9-8-10-34(56)43(66)54-31(20-24(2)3)39(62)49-23-37(48)61/h11-14,24-25,29-34,38,58H,7-10,15-23H2,1-6H3,(H2,46,59)(H2,47,60)(H2,48,61)(H,49,62)(H,50,57)(H,51,67)(H,52,64)(H,53,63)(H,54,66)(H,55,65)/t25-,29-,30-,31-,32-,33-,34-,38-/m0/s1. The molecular formula is C45H71N11O14S. The van der Waals surface area contributed by atoms with Crippen LogP contribution in [0.2, 0.25) is 0 Å². The van der Waals surface area contributed by atoms with Crippen LogP contribution in [0.5, 0.6) is 5.75 Å². The molecule has 0 radical (unpaired) electrons. The maximum absolute atomic E-state index is 14.4. The second-order valence-corrected chi connectivity index (χ2v) is 20.5. The van der Waals surface area contributed by atoms with E-state index in [0.717, 1.165) is 11.2 Å². The van der Waals surface area contributed by atoms with Gasteiger partial charge in [-0.25, -0.2) is 8.42 Å². The number of phenols is 1. The molecule has 14 N–H and O–H groups in total. The minimum absolute atomic E-state index is 0.0298. The Morgan fingerprint density at radius 1 is 0.704 bits per heavy atom. The second kappa shape index (κ2) is 28.7. The second-order valence-electron chi connectivity index (χ2n) is 18.2. The zero-order valence-electron chi connectivity index (χ0n) is 41.0. The number of rotatable bonds is 29. The van der Waals surface area contributed by atoms with Crippen LogP contribution in [0.25, 0.3) is 0 Å². The molecule has 0 saturated carbocycles. The largest absolute Gasteiger partial charge is 0.508 e. The first-order valence-corrected chi connectivity index (χ1v) is 25.4. The average Bonchev–Trinajstić information content (AvgIpc) is 3.28. The first-order chi connectivity index (χ1) is 33.1. The molecule has 1 aromatic carbocycles. The van der Waals surface area contributed by atoms with Crippen LogP contribution in [0.4, 0.5) is 0 Å². The van der Waals surface area contributed by atoms with Crippen LogP contribution in [0.15, 0.2) is 24.3 Å². The molecule has 26 heteroatoms. The quantitative estimate of drug-likeness (QED) is 0.0372. The number of nitrogens with zero attached hydrogens (tertiary/aromatic N) is 1. The number of amides is 11. The molecule has 2 rings (SSSR count). The Morgan fingerprint density at radius 3 is 1.85 bits per heavy atom. The van der Waals surface area contributed by atoms with E-state index in [9.17, 15) is 66.3 Å². The van der Waals surface area contributed by atoms with Crippen LogP contribution in [0.3, 0.4) is 0 Å². The zero-order valence-corrected chi connectivity index (χ0v) is 41.9. The Labute approximate surface area is 412 Å². The minimum atomic E-state index is -3.79. The number of piperidine rings is 1. The topological polar surface area (TPSA) is 408 Å². The lowest BCUT2D eigenvalue weighted by molar-refractivity contribution is -0.146. The van der Waals surface area contributed by atoms with Crippen molar-refractivity contribution in [3.05, 3.63) is 29.8 Å². The maximum atomic E-state index is 14.4. The lowest BCUT2D eigenvalue weighted by Crippen LogP contribution is -2.62. The molecule has 0 aromatic heterocycles. The van der Waals surface area contributed by atoms with Crippen LogP contribution in [-0.4, -0.2) is 151 Å². The molecule has 0 bridgehead atoms. The summed E-state index contributed by atoms with van der Waals surface area (Å²) in [6.07, 6.45) is -0.0759. The number of nitrogens with two attached hydrogens (primary N) is 3. The molecule has 1 aliphatic rings. The third-order valence-corrected chi connectivity index (χ3v) is 12.4. The highest BCUT2D eigenvalue weighted by Crippen LogP contribution is 2.21. The Bertz CT molecular complexity index is 2210. The van der Waals surface area contributed by atoms with Gasteiger partial charge >= 0.3 is 0 Å². The third kappa shape index (κ3) is 21.8. The predicted molar refractivity (Wildman–Crippen MR) is 256 cm³/mol. The lowest BCUT2D eigenvalue weighted by Gasteiger charge is -2.38. The van der Waals surface area contributed by atoms with Crippen molar-refractivity contribution in [2.45, 2.75) is 141 Å². The summed E-state index contributed by atoms with van der Waals surface area (Å²) in [5.41, 5.74) is 16.6. The molecule has 0 unspecified atom stereocenters. The number of carbonyl (C=O) groups is 11. The number of benzene rings is 1. The average molecular weight is 1020 g/mol. The Kier molecular flexibility index (Phi) is 24.4. The number of sulfone groups is 1. The summed E-state index contributed by atoms with van der Waals surface area (Å²) < 4.78 is 24.8. The summed E-state index contributed by atoms with van der Waals surface area (Å²) in [5.74, 6) is -11.2. The predicted octanol–water partition coefficient (Wildman–Crippen LogP) is -3.49. The van der Waals surface area contributed by atoms with Crippen molar-refractivity contribution >= 4 is 74.8 Å².